The molecule has 1 amide bonds. The molecule has 2 rings (SSSR count). The molecule has 0 bridgehead atoms. The lowest BCUT2D eigenvalue weighted by Crippen LogP contribution is -2.19. The highest BCUT2D eigenvalue weighted by Crippen LogP contribution is 2.21. The van der Waals surface area contributed by atoms with E-state index in [2.05, 4.69) is 0 Å². The maximum absolute atomic E-state index is 11.2. The number of amides is 1. The van der Waals surface area contributed by atoms with Gasteiger partial charge in [0.05, 0.1) is 5.52 Å². The smallest absolute Gasteiger partial charge is 0.408 e. The van der Waals surface area contributed by atoms with Crippen molar-refractivity contribution in [2.24, 2.45) is 7.05 Å². The fourth-order valence-corrected chi connectivity index (χ4v) is 1.53. The van der Waals surface area contributed by atoms with Crippen molar-refractivity contribution in [1.82, 2.24) is 4.57 Å². The number of hydrogen-bond acceptors (Lipinski definition) is 3. The van der Waals surface area contributed by atoms with Crippen molar-refractivity contribution in [3.63, 3.8) is 0 Å². The molecule has 0 fully saturated rings. The number of aryl methyl sites for hydroxylation is 1. The lowest BCUT2D eigenvalue weighted by atomic mass is 10.2. The molecular weight excluding hydrogens is 232 g/mol. The van der Waals surface area contributed by atoms with Crippen LogP contribution in [0, 0.1) is 0 Å². The van der Waals surface area contributed by atoms with Gasteiger partial charge in [0.1, 0.15) is 0 Å². The van der Waals surface area contributed by atoms with E-state index in [0.717, 1.165) is 0 Å². The van der Waals surface area contributed by atoms with Crippen LogP contribution in [0.4, 0.5) is 10.5 Å². The van der Waals surface area contributed by atoms with Gasteiger partial charge in [0.15, 0.2) is 5.58 Å². The number of halogens is 1. The third kappa shape index (κ3) is 1.59. The van der Waals surface area contributed by atoms with E-state index in [1.807, 2.05) is 0 Å². The van der Waals surface area contributed by atoms with Gasteiger partial charge >= 0.3 is 11.1 Å². The van der Waals surface area contributed by atoms with Gasteiger partial charge in [-0.15, -0.1) is 0 Å². The normalized spacial score (nSPS) is 10.7. The highest BCUT2D eigenvalue weighted by molar-refractivity contribution is 6.66. The van der Waals surface area contributed by atoms with Gasteiger partial charge in [0, 0.05) is 25.8 Å². The average Bonchev–Trinajstić information content (AvgIpc) is 2.53. The summed E-state index contributed by atoms with van der Waals surface area (Å²) in [5.74, 6) is -0.438. The van der Waals surface area contributed by atoms with Crippen molar-refractivity contribution in [2.45, 2.75) is 0 Å². The number of fused-ring (bicyclic) bond motifs is 1. The Hall–Kier alpha value is -1.75. The Balaban J connectivity index is 2.61. The van der Waals surface area contributed by atoms with Crippen LogP contribution in [0.5, 0.6) is 0 Å². The molecular formula is C10H9ClN2O3. The number of benzene rings is 1. The minimum absolute atomic E-state index is 0.426. The molecule has 16 heavy (non-hydrogen) atoms. The standard InChI is InChI=1S/C10H9ClN2O3/c1-12(9(11)14)6-3-4-7-8(5-6)16-10(15)13(7)2/h3-5H,1-2H3. The third-order valence-electron chi connectivity index (χ3n) is 2.43. The number of carbonyl (C=O) groups excluding carboxylic acids is 1. The lowest BCUT2D eigenvalue weighted by Gasteiger charge is -2.12. The molecule has 0 atom stereocenters. The van der Waals surface area contributed by atoms with Gasteiger partial charge < -0.3 is 9.32 Å². The third-order valence-corrected chi connectivity index (χ3v) is 2.68. The van der Waals surface area contributed by atoms with E-state index in [1.54, 1.807) is 25.2 Å². The molecule has 6 heteroatoms. The monoisotopic (exact) mass is 240 g/mol. The first-order valence-corrected chi connectivity index (χ1v) is 4.91. The van der Waals surface area contributed by atoms with E-state index in [9.17, 15) is 9.59 Å². The molecule has 84 valence electrons. The van der Waals surface area contributed by atoms with Crippen LogP contribution in [-0.2, 0) is 7.05 Å². The van der Waals surface area contributed by atoms with Gasteiger partial charge in [-0.1, -0.05) is 0 Å². The number of nitrogens with zero attached hydrogens (tertiary/aromatic N) is 2. The molecule has 2 aromatic rings. The van der Waals surface area contributed by atoms with Gasteiger partial charge in [-0.05, 0) is 23.7 Å². The van der Waals surface area contributed by atoms with Gasteiger partial charge in [0.25, 0.3) is 0 Å². The zero-order chi connectivity index (χ0) is 11.9. The number of oxazole rings is 1. The summed E-state index contributed by atoms with van der Waals surface area (Å²) in [4.78, 5) is 23.4. The van der Waals surface area contributed by atoms with Crippen molar-refractivity contribution in [3.8, 4) is 0 Å². The number of aromatic nitrogens is 1. The molecule has 1 heterocycles. The van der Waals surface area contributed by atoms with E-state index >= 15 is 0 Å². The van der Waals surface area contributed by atoms with Crippen LogP contribution in [0.25, 0.3) is 11.1 Å². The highest BCUT2D eigenvalue weighted by atomic mass is 35.5. The van der Waals surface area contributed by atoms with Crippen molar-refractivity contribution in [3.05, 3.63) is 28.7 Å². The Morgan fingerprint density at radius 2 is 2.19 bits per heavy atom. The van der Waals surface area contributed by atoms with Crippen LogP contribution in [-0.4, -0.2) is 17.0 Å². The van der Waals surface area contributed by atoms with Crippen molar-refractivity contribution < 1.29 is 9.21 Å². The Bertz CT molecular complexity index is 614. The second-order valence-corrected chi connectivity index (χ2v) is 3.71. The number of hydrogen-bond donors (Lipinski definition) is 0. The molecule has 0 unspecified atom stereocenters. The quantitative estimate of drug-likeness (QED) is 0.565. The maximum atomic E-state index is 11.2. The molecule has 0 saturated carbocycles. The first-order valence-electron chi connectivity index (χ1n) is 4.53. The molecule has 0 radical (unpaired) electrons. The van der Waals surface area contributed by atoms with Crippen molar-refractivity contribution in [2.75, 3.05) is 11.9 Å². The molecule has 1 aromatic heterocycles. The predicted octanol–water partition coefficient (Wildman–Crippen LogP) is 1.93. The topological polar surface area (TPSA) is 55.5 Å². The highest BCUT2D eigenvalue weighted by Gasteiger charge is 2.11. The fraction of sp³-hybridized carbons (Fsp3) is 0.200. The van der Waals surface area contributed by atoms with Crippen molar-refractivity contribution in [1.29, 1.82) is 0 Å². The number of carbonyl (C=O) groups is 1. The minimum Gasteiger partial charge on any atom is -0.408 e. The second-order valence-electron chi connectivity index (χ2n) is 3.39. The summed E-state index contributed by atoms with van der Waals surface area (Å²) in [5, 5.41) is -0.599. The van der Waals surface area contributed by atoms with E-state index in [4.69, 9.17) is 16.0 Å². The Kier molecular flexibility index (Phi) is 2.47. The van der Waals surface area contributed by atoms with Gasteiger partial charge in [-0.3, -0.25) is 9.36 Å². The lowest BCUT2D eigenvalue weighted by molar-refractivity contribution is 0.265. The van der Waals surface area contributed by atoms with E-state index < -0.39 is 11.1 Å². The minimum atomic E-state index is -0.599. The van der Waals surface area contributed by atoms with Crippen molar-refractivity contribution >= 4 is 33.8 Å². The summed E-state index contributed by atoms with van der Waals surface area (Å²) < 4.78 is 6.39. The maximum Gasteiger partial charge on any atom is 0.419 e. The first kappa shape index (κ1) is 10.8. The van der Waals surface area contributed by atoms with Crippen LogP contribution in [0.1, 0.15) is 0 Å². The first-order chi connectivity index (χ1) is 7.50. The Labute approximate surface area is 95.8 Å². The summed E-state index contributed by atoms with van der Waals surface area (Å²) in [6, 6.07) is 4.99. The SMILES string of the molecule is CN(C(=O)Cl)c1ccc2c(c1)oc(=O)n2C. The van der Waals surface area contributed by atoms with Gasteiger partial charge in [-0.2, -0.15) is 0 Å². The molecule has 5 nitrogen and oxygen atoms in total. The second kappa shape index (κ2) is 3.68. The Morgan fingerprint density at radius 3 is 2.81 bits per heavy atom. The van der Waals surface area contributed by atoms with Crippen LogP contribution in [0.15, 0.2) is 27.4 Å². The van der Waals surface area contributed by atoms with Gasteiger partial charge in [-0.25, -0.2) is 4.79 Å². The summed E-state index contributed by atoms with van der Waals surface area (Å²) in [6.07, 6.45) is 0. The number of anilines is 1. The molecule has 0 aliphatic rings. The van der Waals surface area contributed by atoms with Crippen LogP contribution in [0.2, 0.25) is 0 Å². The summed E-state index contributed by atoms with van der Waals surface area (Å²) >= 11 is 5.34. The molecule has 1 aromatic carbocycles. The molecule has 0 aliphatic heterocycles. The fourth-order valence-electron chi connectivity index (χ4n) is 1.43. The summed E-state index contributed by atoms with van der Waals surface area (Å²) in [7, 11) is 3.15. The average molecular weight is 241 g/mol. The molecule has 0 N–H and O–H groups in total. The van der Waals surface area contributed by atoms with Crippen LogP contribution >= 0.6 is 11.6 Å². The largest absolute Gasteiger partial charge is 0.419 e. The van der Waals surface area contributed by atoms with Gasteiger partial charge in [0.2, 0.25) is 0 Å². The van der Waals surface area contributed by atoms with E-state index in [1.165, 1.54) is 16.5 Å². The zero-order valence-electron chi connectivity index (χ0n) is 8.73. The summed E-state index contributed by atoms with van der Waals surface area (Å²) in [5.41, 5.74) is 1.67. The Morgan fingerprint density at radius 1 is 1.50 bits per heavy atom. The molecule has 0 spiro atoms. The summed E-state index contributed by atoms with van der Waals surface area (Å²) in [6.45, 7) is 0. The zero-order valence-corrected chi connectivity index (χ0v) is 9.49. The predicted molar refractivity (Wildman–Crippen MR) is 61.1 cm³/mol. The van der Waals surface area contributed by atoms with E-state index in [-0.39, 0.29) is 0 Å². The molecule has 0 saturated heterocycles. The number of rotatable bonds is 1. The molecule has 0 aliphatic carbocycles. The van der Waals surface area contributed by atoms with Crippen LogP contribution in [0.3, 0.4) is 0 Å². The van der Waals surface area contributed by atoms with E-state index in [0.29, 0.717) is 16.8 Å². The van der Waals surface area contributed by atoms with Crippen LogP contribution < -0.4 is 10.7 Å².